The minimum atomic E-state index is -0.720. The molecule has 0 bridgehead atoms. The molecule has 1 amide bonds. The lowest BCUT2D eigenvalue weighted by Crippen LogP contribution is -2.52. The van der Waals surface area contributed by atoms with Crippen molar-refractivity contribution in [2.75, 3.05) is 24.6 Å². The summed E-state index contributed by atoms with van der Waals surface area (Å²) in [4.78, 5) is 14.8. The zero-order valence-corrected chi connectivity index (χ0v) is 12.5. The highest BCUT2D eigenvalue weighted by Crippen LogP contribution is 2.45. The van der Waals surface area contributed by atoms with Gasteiger partial charge in [0.2, 0.25) is 5.91 Å². The normalized spacial score (nSPS) is 22.3. The van der Waals surface area contributed by atoms with Crippen LogP contribution in [0.4, 0.5) is 0 Å². The molecule has 1 saturated heterocycles. The minimum absolute atomic E-state index is 0.180. The molecule has 4 heteroatoms. The van der Waals surface area contributed by atoms with E-state index in [9.17, 15) is 9.00 Å². The molecule has 3 rings (SSSR count). The second-order valence-corrected chi connectivity index (χ2v) is 7.63. The van der Waals surface area contributed by atoms with Gasteiger partial charge in [-0.15, -0.1) is 0 Å². The Labute approximate surface area is 122 Å². The third kappa shape index (κ3) is 2.66. The van der Waals surface area contributed by atoms with Crippen LogP contribution in [0.15, 0.2) is 30.3 Å². The summed E-state index contributed by atoms with van der Waals surface area (Å²) in [6.07, 6.45) is 4.01. The zero-order valence-electron chi connectivity index (χ0n) is 11.7. The molecule has 0 atom stereocenters. The van der Waals surface area contributed by atoms with Crippen molar-refractivity contribution >= 4 is 16.7 Å². The van der Waals surface area contributed by atoms with E-state index in [0.717, 1.165) is 25.7 Å². The van der Waals surface area contributed by atoms with Crippen molar-refractivity contribution in [3.8, 4) is 0 Å². The van der Waals surface area contributed by atoms with E-state index in [1.165, 1.54) is 5.56 Å². The van der Waals surface area contributed by atoms with Crippen molar-refractivity contribution in [3.05, 3.63) is 35.9 Å². The maximum atomic E-state index is 12.8. The average Bonchev–Trinajstić information content (AvgIpc) is 2.44. The Morgan fingerprint density at radius 3 is 2.35 bits per heavy atom. The number of hydrogen-bond acceptors (Lipinski definition) is 2. The first kappa shape index (κ1) is 13.8. The van der Waals surface area contributed by atoms with E-state index in [0.29, 0.717) is 30.5 Å². The second kappa shape index (κ2) is 5.68. The molecule has 0 aromatic heterocycles. The molecule has 1 aromatic rings. The Bertz CT molecular complexity index is 500. The summed E-state index contributed by atoms with van der Waals surface area (Å²) in [7, 11) is -0.720. The molecule has 3 nitrogen and oxygen atoms in total. The number of hydrogen-bond donors (Lipinski definition) is 0. The van der Waals surface area contributed by atoms with E-state index >= 15 is 0 Å². The van der Waals surface area contributed by atoms with Crippen LogP contribution >= 0.6 is 0 Å². The summed E-state index contributed by atoms with van der Waals surface area (Å²) in [5.41, 5.74) is 1.07. The van der Waals surface area contributed by atoms with Crippen LogP contribution in [-0.2, 0) is 22.0 Å². The Kier molecular flexibility index (Phi) is 3.92. The standard InChI is InChI=1S/C16H21NO2S/c18-15(17-9-11-20(19)12-10-17)16(7-4-8-16)13-14-5-2-1-3-6-14/h1-3,5-6H,4,7-13H2. The largest absolute Gasteiger partial charge is 0.340 e. The van der Waals surface area contributed by atoms with Crippen LogP contribution in [0.5, 0.6) is 0 Å². The van der Waals surface area contributed by atoms with E-state index in [1.54, 1.807) is 0 Å². The number of nitrogens with zero attached hydrogens (tertiary/aromatic N) is 1. The van der Waals surface area contributed by atoms with E-state index in [2.05, 4.69) is 12.1 Å². The lowest BCUT2D eigenvalue weighted by molar-refractivity contribution is -0.147. The first-order chi connectivity index (χ1) is 9.70. The third-order valence-corrected chi connectivity index (χ3v) is 5.89. The smallest absolute Gasteiger partial charge is 0.229 e. The Hall–Kier alpha value is -1.16. The molecule has 1 aromatic carbocycles. The van der Waals surface area contributed by atoms with Crippen LogP contribution in [0.2, 0.25) is 0 Å². The van der Waals surface area contributed by atoms with Crippen molar-refractivity contribution in [1.82, 2.24) is 4.90 Å². The molecule has 2 aliphatic rings. The van der Waals surface area contributed by atoms with Gasteiger partial charge in [-0.2, -0.15) is 0 Å². The maximum Gasteiger partial charge on any atom is 0.229 e. The van der Waals surface area contributed by atoms with E-state index in [-0.39, 0.29) is 5.41 Å². The fourth-order valence-electron chi connectivity index (χ4n) is 3.23. The van der Waals surface area contributed by atoms with Crippen molar-refractivity contribution in [2.24, 2.45) is 5.41 Å². The number of carbonyl (C=O) groups is 1. The van der Waals surface area contributed by atoms with Gasteiger partial charge >= 0.3 is 0 Å². The van der Waals surface area contributed by atoms with Gasteiger partial charge in [0, 0.05) is 35.4 Å². The molecule has 1 heterocycles. The molecule has 20 heavy (non-hydrogen) atoms. The number of benzene rings is 1. The summed E-state index contributed by atoms with van der Waals surface area (Å²) in [5.74, 6) is 1.59. The lowest BCUT2D eigenvalue weighted by Gasteiger charge is -2.44. The van der Waals surface area contributed by atoms with Crippen molar-refractivity contribution in [3.63, 3.8) is 0 Å². The minimum Gasteiger partial charge on any atom is -0.340 e. The van der Waals surface area contributed by atoms with E-state index in [1.807, 2.05) is 23.1 Å². The molecule has 108 valence electrons. The summed E-state index contributed by atoms with van der Waals surface area (Å²) in [6.45, 7) is 1.34. The topological polar surface area (TPSA) is 37.4 Å². The van der Waals surface area contributed by atoms with Gasteiger partial charge in [-0.25, -0.2) is 0 Å². The summed E-state index contributed by atoms with van der Waals surface area (Å²) < 4.78 is 11.4. The average molecular weight is 291 g/mol. The number of amides is 1. The monoisotopic (exact) mass is 291 g/mol. The van der Waals surface area contributed by atoms with Gasteiger partial charge < -0.3 is 4.90 Å². The zero-order chi connectivity index (χ0) is 14.0. The Balaban J connectivity index is 1.72. The number of carbonyl (C=O) groups excluding carboxylic acids is 1. The highest BCUT2D eigenvalue weighted by molar-refractivity contribution is 7.85. The van der Waals surface area contributed by atoms with Crippen molar-refractivity contribution in [2.45, 2.75) is 25.7 Å². The highest BCUT2D eigenvalue weighted by Gasteiger charge is 2.46. The van der Waals surface area contributed by atoms with Gasteiger partial charge in [-0.05, 0) is 24.8 Å². The fourth-order valence-corrected chi connectivity index (χ4v) is 4.28. The molecule has 0 unspecified atom stereocenters. The summed E-state index contributed by atoms with van der Waals surface area (Å²) in [5, 5.41) is 0. The van der Waals surface area contributed by atoms with Crippen molar-refractivity contribution in [1.29, 1.82) is 0 Å². The highest BCUT2D eigenvalue weighted by atomic mass is 32.2. The van der Waals surface area contributed by atoms with Crippen LogP contribution in [0.25, 0.3) is 0 Å². The number of rotatable bonds is 3. The third-order valence-electron chi connectivity index (χ3n) is 4.61. The predicted octanol–water partition coefficient (Wildman–Crippen LogP) is 1.99. The first-order valence-electron chi connectivity index (χ1n) is 7.38. The van der Waals surface area contributed by atoms with Gasteiger partial charge in [-0.1, -0.05) is 36.8 Å². The molecule has 0 radical (unpaired) electrons. The molecule has 0 spiro atoms. The van der Waals surface area contributed by atoms with E-state index < -0.39 is 10.8 Å². The molecular weight excluding hydrogens is 270 g/mol. The van der Waals surface area contributed by atoms with Crippen LogP contribution in [0.3, 0.4) is 0 Å². The van der Waals surface area contributed by atoms with Crippen LogP contribution in [0, 0.1) is 5.41 Å². The predicted molar refractivity (Wildman–Crippen MR) is 80.9 cm³/mol. The Morgan fingerprint density at radius 2 is 1.80 bits per heavy atom. The van der Waals surface area contributed by atoms with Crippen LogP contribution in [-0.4, -0.2) is 39.6 Å². The van der Waals surface area contributed by atoms with Gasteiger partial charge in [0.25, 0.3) is 0 Å². The molecule has 1 aliphatic heterocycles. The molecule has 2 fully saturated rings. The van der Waals surface area contributed by atoms with Gasteiger partial charge in [0.15, 0.2) is 0 Å². The molecule has 0 N–H and O–H groups in total. The molecular formula is C16H21NO2S. The van der Waals surface area contributed by atoms with Crippen LogP contribution in [0.1, 0.15) is 24.8 Å². The second-order valence-electron chi connectivity index (χ2n) is 5.94. The quantitative estimate of drug-likeness (QED) is 0.854. The van der Waals surface area contributed by atoms with Crippen molar-refractivity contribution < 1.29 is 9.00 Å². The molecule has 1 aliphatic carbocycles. The summed E-state index contributed by atoms with van der Waals surface area (Å²) >= 11 is 0. The maximum absolute atomic E-state index is 12.8. The lowest BCUT2D eigenvalue weighted by atomic mass is 9.64. The molecule has 1 saturated carbocycles. The first-order valence-corrected chi connectivity index (χ1v) is 8.87. The summed E-state index contributed by atoms with van der Waals surface area (Å²) in [6, 6.07) is 10.3. The Morgan fingerprint density at radius 1 is 1.15 bits per heavy atom. The van der Waals surface area contributed by atoms with Crippen LogP contribution < -0.4 is 0 Å². The van der Waals surface area contributed by atoms with Gasteiger partial charge in [-0.3, -0.25) is 9.00 Å². The fraction of sp³-hybridized carbons (Fsp3) is 0.562. The van der Waals surface area contributed by atoms with Gasteiger partial charge in [0.1, 0.15) is 0 Å². The van der Waals surface area contributed by atoms with Gasteiger partial charge in [0.05, 0.1) is 5.41 Å². The van der Waals surface area contributed by atoms with E-state index in [4.69, 9.17) is 0 Å². The SMILES string of the molecule is O=C(N1CCS(=O)CC1)C1(Cc2ccccc2)CCC1.